The molecule has 1 unspecified atom stereocenters. The highest BCUT2D eigenvalue weighted by atomic mass is 16.5. The summed E-state index contributed by atoms with van der Waals surface area (Å²) in [5.41, 5.74) is 0.999. The van der Waals surface area contributed by atoms with Crippen LogP contribution < -0.4 is 5.32 Å². The van der Waals surface area contributed by atoms with E-state index in [9.17, 15) is 9.59 Å². The quantitative estimate of drug-likeness (QED) is 0.529. The highest BCUT2D eigenvalue weighted by molar-refractivity contribution is 5.83. The SMILES string of the molecule is CCCCCCC(C)OC(=O)[C@H](Cc1ccccc1)NC(C)=O. The third-order valence-corrected chi connectivity index (χ3v) is 3.73. The average molecular weight is 319 g/mol. The van der Waals surface area contributed by atoms with Crippen LogP contribution in [0.5, 0.6) is 0 Å². The Balaban J connectivity index is 2.52. The summed E-state index contributed by atoms with van der Waals surface area (Å²) in [4.78, 5) is 23.7. The van der Waals surface area contributed by atoms with Crippen molar-refractivity contribution in [1.82, 2.24) is 5.32 Å². The molecule has 0 bridgehead atoms. The van der Waals surface area contributed by atoms with Crippen LogP contribution in [0.2, 0.25) is 0 Å². The fourth-order valence-electron chi connectivity index (χ4n) is 2.49. The van der Waals surface area contributed by atoms with E-state index >= 15 is 0 Å². The van der Waals surface area contributed by atoms with E-state index in [1.807, 2.05) is 37.3 Å². The molecule has 1 amide bonds. The molecule has 0 aromatic heterocycles. The van der Waals surface area contributed by atoms with E-state index in [1.54, 1.807) is 0 Å². The van der Waals surface area contributed by atoms with Gasteiger partial charge in [0.05, 0.1) is 6.10 Å². The molecule has 1 aromatic carbocycles. The van der Waals surface area contributed by atoms with E-state index in [-0.39, 0.29) is 18.0 Å². The average Bonchev–Trinajstić information content (AvgIpc) is 2.51. The molecule has 0 aliphatic carbocycles. The minimum Gasteiger partial charge on any atom is -0.461 e. The largest absolute Gasteiger partial charge is 0.461 e. The highest BCUT2D eigenvalue weighted by Gasteiger charge is 2.23. The summed E-state index contributed by atoms with van der Waals surface area (Å²) >= 11 is 0. The Hall–Kier alpha value is -1.84. The van der Waals surface area contributed by atoms with Gasteiger partial charge in [-0.3, -0.25) is 4.79 Å². The Bertz CT molecular complexity index is 473. The van der Waals surface area contributed by atoms with Crippen molar-refractivity contribution in [2.24, 2.45) is 0 Å². The molecule has 0 saturated heterocycles. The second-order valence-corrected chi connectivity index (χ2v) is 6.04. The van der Waals surface area contributed by atoms with Crippen molar-refractivity contribution in [3.63, 3.8) is 0 Å². The number of esters is 1. The van der Waals surface area contributed by atoms with E-state index < -0.39 is 6.04 Å². The number of hydrogen-bond donors (Lipinski definition) is 1. The molecule has 1 aromatic rings. The van der Waals surface area contributed by atoms with E-state index in [1.165, 1.54) is 19.8 Å². The van der Waals surface area contributed by atoms with Crippen LogP contribution in [0.3, 0.4) is 0 Å². The Labute approximate surface area is 139 Å². The van der Waals surface area contributed by atoms with Gasteiger partial charge in [-0.25, -0.2) is 4.79 Å². The molecule has 0 fully saturated rings. The van der Waals surface area contributed by atoms with Gasteiger partial charge in [0, 0.05) is 13.3 Å². The zero-order valence-electron chi connectivity index (χ0n) is 14.5. The first-order chi connectivity index (χ1) is 11.0. The first-order valence-electron chi connectivity index (χ1n) is 8.54. The van der Waals surface area contributed by atoms with Gasteiger partial charge in [0.1, 0.15) is 6.04 Å². The topological polar surface area (TPSA) is 55.4 Å². The van der Waals surface area contributed by atoms with Crippen LogP contribution in [0.15, 0.2) is 30.3 Å². The predicted molar refractivity (Wildman–Crippen MR) is 92.1 cm³/mol. The molecule has 0 spiro atoms. The van der Waals surface area contributed by atoms with Crippen molar-refractivity contribution in [2.75, 3.05) is 0 Å². The number of rotatable bonds is 10. The minimum absolute atomic E-state index is 0.119. The lowest BCUT2D eigenvalue weighted by Gasteiger charge is -2.20. The lowest BCUT2D eigenvalue weighted by atomic mass is 10.1. The number of carbonyl (C=O) groups excluding carboxylic acids is 2. The fraction of sp³-hybridized carbons (Fsp3) is 0.579. The van der Waals surface area contributed by atoms with Crippen molar-refractivity contribution < 1.29 is 14.3 Å². The van der Waals surface area contributed by atoms with Gasteiger partial charge in [-0.2, -0.15) is 0 Å². The van der Waals surface area contributed by atoms with Gasteiger partial charge in [0.25, 0.3) is 0 Å². The molecule has 1 rings (SSSR count). The molecular weight excluding hydrogens is 290 g/mol. The van der Waals surface area contributed by atoms with Gasteiger partial charge >= 0.3 is 5.97 Å². The molecule has 4 nitrogen and oxygen atoms in total. The summed E-state index contributed by atoms with van der Waals surface area (Å²) in [6.45, 7) is 5.50. The molecule has 0 aliphatic rings. The molecule has 23 heavy (non-hydrogen) atoms. The monoisotopic (exact) mass is 319 g/mol. The van der Waals surface area contributed by atoms with Crippen molar-refractivity contribution in [3.05, 3.63) is 35.9 Å². The van der Waals surface area contributed by atoms with Gasteiger partial charge in [0.2, 0.25) is 5.91 Å². The predicted octanol–water partition coefficient (Wildman–Crippen LogP) is 3.64. The highest BCUT2D eigenvalue weighted by Crippen LogP contribution is 2.11. The maximum Gasteiger partial charge on any atom is 0.329 e. The maximum atomic E-state index is 12.3. The van der Waals surface area contributed by atoms with Gasteiger partial charge in [-0.15, -0.1) is 0 Å². The molecule has 0 radical (unpaired) electrons. The standard InChI is InChI=1S/C19H29NO3/c1-4-5-6-8-11-15(2)23-19(22)18(20-16(3)21)14-17-12-9-7-10-13-17/h7,9-10,12-13,15,18H,4-6,8,11,14H2,1-3H3,(H,20,21)/t15?,18-/m0/s1. The Kier molecular flexibility index (Phi) is 9.03. The molecule has 1 N–H and O–H groups in total. The van der Waals surface area contributed by atoms with Gasteiger partial charge in [-0.1, -0.05) is 56.5 Å². The second kappa shape index (κ2) is 10.8. The summed E-state index contributed by atoms with van der Waals surface area (Å²) in [6.07, 6.45) is 5.82. The second-order valence-electron chi connectivity index (χ2n) is 6.04. The van der Waals surface area contributed by atoms with Crippen LogP contribution in [0.1, 0.15) is 58.4 Å². The number of unbranched alkanes of at least 4 members (excludes halogenated alkanes) is 3. The number of carbonyl (C=O) groups is 2. The summed E-state index contributed by atoms with van der Waals surface area (Å²) in [6, 6.07) is 9.01. The lowest BCUT2D eigenvalue weighted by molar-refractivity contribution is -0.152. The molecule has 128 valence electrons. The molecular formula is C19H29NO3. The summed E-state index contributed by atoms with van der Waals surface area (Å²) < 4.78 is 5.51. The first kappa shape index (κ1) is 19.2. The van der Waals surface area contributed by atoms with Crippen molar-refractivity contribution in [3.8, 4) is 0 Å². The van der Waals surface area contributed by atoms with Gasteiger partial charge in [0.15, 0.2) is 0 Å². The van der Waals surface area contributed by atoms with Gasteiger partial charge in [-0.05, 0) is 25.3 Å². The molecule has 2 atom stereocenters. The molecule has 0 aliphatic heterocycles. The normalized spacial score (nSPS) is 13.2. The zero-order valence-corrected chi connectivity index (χ0v) is 14.5. The van der Waals surface area contributed by atoms with Crippen LogP contribution in [0.25, 0.3) is 0 Å². The summed E-state index contributed by atoms with van der Waals surface area (Å²) in [7, 11) is 0. The summed E-state index contributed by atoms with van der Waals surface area (Å²) in [5, 5.41) is 2.70. The fourth-order valence-corrected chi connectivity index (χ4v) is 2.49. The minimum atomic E-state index is -0.631. The zero-order chi connectivity index (χ0) is 17.1. The number of nitrogens with one attached hydrogen (secondary N) is 1. The van der Waals surface area contributed by atoms with E-state index in [0.717, 1.165) is 24.8 Å². The number of benzene rings is 1. The van der Waals surface area contributed by atoms with Crippen LogP contribution in [-0.2, 0) is 20.7 Å². The number of ether oxygens (including phenoxy) is 1. The molecule has 4 heteroatoms. The third kappa shape index (κ3) is 8.38. The van der Waals surface area contributed by atoms with Crippen LogP contribution in [0, 0.1) is 0 Å². The maximum absolute atomic E-state index is 12.3. The van der Waals surface area contributed by atoms with Crippen molar-refractivity contribution in [1.29, 1.82) is 0 Å². The number of hydrogen-bond acceptors (Lipinski definition) is 3. The van der Waals surface area contributed by atoms with Gasteiger partial charge < -0.3 is 10.1 Å². The third-order valence-electron chi connectivity index (χ3n) is 3.73. The van der Waals surface area contributed by atoms with Crippen molar-refractivity contribution in [2.45, 2.75) is 71.4 Å². The smallest absolute Gasteiger partial charge is 0.329 e. The van der Waals surface area contributed by atoms with E-state index in [4.69, 9.17) is 4.74 Å². The van der Waals surface area contributed by atoms with E-state index in [0.29, 0.717) is 6.42 Å². The lowest BCUT2D eigenvalue weighted by Crippen LogP contribution is -2.43. The van der Waals surface area contributed by atoms with Crippen molar-refractivity contribution >= 4 is 11.9 Å². The van der Waals surface area contributed by atoms with Crippen LogP contribution in [0.4, 0.5) is 0 Å². The molecule has 0 heterocycles. The van der Waals surface area contributed by atoms with E-state index in [2.05, 4.69) is 12.2 Å². The number of amides is 1. The van der Waals surface area contributed by atoms with Crippen LogP contribution >= 0.6 is 0 Å². The van der Waals surface area contributed by atoms with Crippen LogP contribution in [-0.4, -0.2) is 24.0 Å². The Morgan fingerprint density at radius 3 is 2.43 bits per heavy atom. The summed E-state index contributed by atoms with van der Waals surface area (Å²) in [5.74, 6) is -0.578. The first-order valence-corrected chi connectivity index (χ1v) is 8.54. The Morgan fingerprint density at radius 1 is 1.13 bits per heavy atom. The molecule has 0 saturated carbocycles. The Morgan fingerprint density at radius 2 is 1.83 bits per heavy atom.